The Hall–Kier alpha value is -9.64. The van der Waals surface area contributed by atoms with Crippen LogP contribution in [0, 0.1) is 0 Å². The van der Waals surface area contributed by atoms with Gasteiger partial charge in [0.25, 0.3) is 0 Å². The summed E-state index contributed by atoms with van der Waals surface area (Å²) in [6.07, 6.45) is 0. The first-order valence-electron chi connectivity index (χ1n) is 25.9. The molecular formula is C71H46N2O2. The third kappa shape index (κ3) is 6.11. The number of anilines is 6. The van der Waals surface area contributed by atoms with Gasteiger partial charge in [-0.1, -0.05) is 196 Å². The van der Waals surface area contributed by atoms with E-state index in [1.807, 2.05) is 12.1 Å². The molecule has 2 aromatic heterocycles. The minimum absolute atomic E-state index is 0.343. The minimum atomic E-state index is -0.343. The molecule has 4 nitrogen and oxygen atoms in total. The van der Waals surface area contributed by atoms with Gasteiger partial charge in [0.1, 0.15) is 11.2 Å². The molecule has 0 unspecified atom stereocenters. The third-order valence-corrected chi connectivity index (χ3v) is 16.4. The fraction of sp³-hybridized carbons (Fsp3) is 0.0423. The Morgan fingerprint density at radius 3 is 1.04 bits per heavy atom. The van der Waals surface area contributed by atoms with Crippen LogP contribution >= 0.6 is 0 Å². The zero-order valence-corrected chi connectivity index (χ0v) is 41.3. The number of para-hydroxylation sites is 4. The molecular weight excluding hydrogens is 913 g/mol. The summed E-state index contributed by atoms with van der Waals surface area (Å²) >= 11 is 0. The predicted octanol–water partition coefficient (Wildman–Crippen LogP) is 20.5. The van der Waals surface area contributed by atoms with E-state index in [4.69, 9.17) is 8.83 Å². The summed E-state index contributed by atoms with van der Waals surface area (Å²) in [4.78, 5) is 4.80. The smallest absolute Gasteiger partial charge is 0.159 e. The highest BCUT2D eigenvalue weighted by atomic mass is 16.3. The number of furan rings is 2. The highest BCUT2D eigenvalue weighted by Crippen LogP contribution is 2.50. The Bertz CT molecular complexity index is 4580. The number of nitrogens with zero attached hydrogens (tertiary/aromatic N) is 2. The fourth-order valence-electron chi connectivity index (χ4n) is 12.7. The van der Waals surface area contributed by atoms with Crippen LogP contribution in [0.5, 0.6) is 0 Å². The zero-order valence-electron chi connectivity index (χ0n) is 41.3. The van der Waals surface area contributed by atoms with Crippen molar-refractivity contribution in [2.45, 2.75) is 19.3 Å². The summed E-state index contributed by atoms with van der Waals surface area (Å²) in [7, 11) is 0. The van der Waals surface area contributed by atoms with Gasteiger partial charge < -0.3 is 18.6 Å². The van der Waals surface area contributed by atoms with Crippen LogP contribution < -0.4 is 9.80 Å². The van der Waals surface area contributed by atoms with Crippen LogP contribution in [0.4, 0.5) is 34.1 Å². The molecule has 4 heteroatoms. The van der Waals surface area contributed by atoms with E-state index in [0.717, 1.165) is 78.0 Å². The van der Waals surface area contributed by atoms with Gasteiger partial charge in [0, 0.05) is 49.1 Å². The maximum atomic E-state index is 6.78. The molecule has 0 aliphatic carbocycles. The second-order valence-electron chi connectivity index (χ2n) is 20.8. The standard InChI is InChI=1S/C71H46N2O2/c1-71(2,49-31-35-51(36-32-49)72(61-19-9-17-55-53-15-3-5-21-63(53)74-69(55)61)59-41-29-47-25-23-43-11-7-13-45-27-39-57(59)67(47)65(43)45)50-33-37-52(38-34-50)73(62-20-10-18-56-54-16-4-6-22-64(54)75-70(56)62)60-42-30-48-26-24-44-12-8-14-46-28-40-58(60)68(48)66(44)46/h3-42H,1-2H3. The van der Waals surface area contributed by atoms with Gasteiger partial charge in [0.05, 0.1) is 22.7 Å². The van der Waals surface area contributed by atoms with Crippen molar-refractivity contribution < 1.29 is 8.83 Å². The highest BCUT2D eigenvalue weighted by molar-refractivity contribution is 6.28. The van der Waals surface area contributed by atoms with Crippen molar-refractivity contribution in [1.29, 1.82) is 0 Å². The van der Waals surface area contributed by atoms with Crippen LogP contribution in [-0.4, -0.2) is 0 Å². The van der Waals surface area contributed by atoms with Gasteiger partial charge in [-0.3, -0.25) is 0 Å². The third-order valence-electron chi connectivity index (χ3n) is 16.4. The Kier molecular flexibility index (Phi) is 8.77. The zero-order chi connectivity index (χ0) is 49.5. The molecule has 0 atom stereocenters. The Labute approximate surface area is 432 Å². The van der Waals surface area contributed by atoms with Crippen LogP contribution in [0.25, 0.3) is 109 Å². The SMILES string of the molecule is CC(C)(c1ccc(N(c2ccc3ccc4cccc5ccc2c3c45)c2cccc3c2oc2ccccc23)cc1)c1ccc(N(c2ccc3ccc4cccc5ccc2c3c45)c2cccc3c2oc2ccccc23)cc1. The lowest BCUT2D eigenvalue weighted by atomic mass is 9.78. The summed E-state index contributed by atoms with van der Waals surface area (Å²) in [6.45, 7) is 4.66. The van der Waals surface area contributed by atoms with E-state index in [9.17, 15) is 0 Å². The van der Waals surface area contributed by atoms with E-state index in [-0.39, 0.29) is 5.41 Å². The number of fused-ring (bicyclic) bond motifs is 6. The molecule has 0 N–H and O–H groups in total. The number of benzene rings is 14. The summed E-state index contributed by atoms with van der Waals surface area (Å²) in [6, 6.07) is 88.6. The Balaban J connectivity index is 0.828. The van der Waals surface area contributed by atoms with E-state index in [2.05, 4.69) is 254 Å². The Morgan fingerprint density at radius 2 is 0.613 bits per heavy atom. The predicted molar refractivity (Wildman–Crippen MR) is 316 cm³/mol. The monoisotopic (exact) mass is 958 g/mol. The van der Waals surface area contributed by atoms with Crippen molar-refractivity contribution >= 4 is 143 Å². The number of hydrogen-bond donors (Lipinski definition) is 0. The molecule has 75 heavy (non-hydrogen) atoms. The molecule has 2 heterocycles. The maximum absolute atomic E-state index is 6.78. The van der Waals surface area contributed by atoms with Crippen molar-refractivity contribution in [2.24, 2.45) is 0 Å². The molecule has 352 valence electrons. The second-order valence-corrected chi connectivity index (χ2v) is 20.8. The van der Waals surface area contributed by atoms with Crippen molar-refractivity contribution in [3.63, 3.8) is 0 Å². The molecule has 0 aliphatic rings. The molecule has 0 saturated carbocycles. The molecule has 14 aromatic carbocycles. The van der Waals surface area contributed by atoms with Crippen LogP contribution in [0.3, 0.4) is 0 Å². The van der Waals surface area contributed by atoms with Crippen molar-refractivity contribution in [3.05, 3.63) is 254 Å². The lowest BCUT2D eigenvalue weighted by Crippen LogP contribution is -2.19. The second kappa shape index (κ2) is 15.7. The summed E-state index contributed by atoms with van der Waals surface area (Å²) in [5, 5.41) is 19.4. The number of rotatable bonds is 8. The van der Waals surface area contributed by atoms with Crippen LogP contribution in [0.2, 0.25) is 0 Å². The summed E-state index contributed by atoms with van der Waals surface area (Å²) < 4.78 is 13.6. The van der Waals surface area contributed by atoms with Crippen LogP contribution in [0.15, 0.2) is 251 Å². The topological polar surface area (TPSA) is 32.8 Å². The van der Waals surface area contributed by atoms with Gasteiger partial charge in [0.2, 0.25) is 0 Å². The normalized spacial score (nSPS) is 12.4. The molecule has 0 aliphatic heterocycles. The first-order valence-corrected chi connectivity index (χ1v) is 25.9. The average Bonchev–Trinajstić information content (AvgIpc) is 4.05. The Morgan fingerprint density at radius 1 is 0.267 bits per heavy atom. The largest absolute Gasteiger partial charge is 0.454 e. The molecule has 0 bridgehead atoms. The number of hydrogen-bond acceptors (Lipinski definition) is 4. The van der Waals surface area contributed by atoms with Gasteiger partial charge in [-0.05, 0) is 126 Å². The van der Waals surface area contributed by atoms with Crippen LogP contribution in [0.1, 0.15) is 25.0 Å². The molecule has 0 spiro atoms. The molecule has 16 aromatic rings. The fourth-order valence-corrected chi connectivity index (χ4v) is 12.7. The minimum Gasteiger partial charge on any atom is -0.454 e. The maximum Gasteiger partial charge on any atom is 0.159 e. The molecule has 16 rings (SSSR count). The molecule has 0 saturated heterocycles. The lowest BCUT2D eigenvalue weighted by molar-refractivity contribution is 0.641. The molecule has 0 fully saturated rings. The van der Waals surface area contributed by atoms with E-state index in [1.165, 1.54) is 75.8 Å². The van der Waals surface area contributed by atoms with E-state index in [0.29, 0.717) is 0 Å². The van der Waals surface area contributed by atoms with Gasteiger partial charge in [0.15, 0.2) is 11.2 Å². The van der Waals surface area contributed by atoms with Gasteiger partial charge >= 0.3 is 0 Å². The quantitative estimate of drug-likeness (QED) is 0.142. The van der Waals surface area contributed by atoms with Crippen LogP contribution in [-0.2, 0) is 5.41 Å². The van der Waals surface area contributed by atoms with E-state index < -0.39 is 0 Å². The van der Waals surface area contributed by atoms with Crippen molar-refractivity contribution in [3.8, 4) is 0 Å². The first-order chi connectivity index (χ1) is 36.9. The summed E-state index contributed by atoms with van der Waals surface area (Å²) in [5.41, 5.74) is 11.9. The van der Waals surface area contributed by atoms with Gasteiger partial charge in [-0.15, -0.1) is 0 Å². The van der Waals surface area contributed by atoms with Gasteiger partial charge in [-0.25, -0.2) is 0 Å². The lowest BCUT2D eigenvalue weighted by Gasteiger charge is -2.31. The van der Waals surface area contributed by atoms with Crippen molar-refractivity contribution in [2.75, 3.05) is 9.80 Å². The first kappa shape index (κ1) is 41.9. The van der Waals surface area contributed by atoms with Crippen molar-refractivity contribution in [1.82, 2.24) is 0 Å². The van der Waals surface area contributed by atoms with E-state index in [1.54, 1.807) is 0 Å². The summed E-state index contributed by atoms with van der Waals surface area (Å²) in [5.74, 6) is 0. The highest BCUT2D eigenvalue weighted by Gasteiger charge is 2.28. The molecule has 0 radical (unpaired) electrons. The van der Waals surface area contributed by atoms with Gasteiger partial charge in [-0.2, -0.15) is 0 Å². The average molecular weight is 959 g/mol. The van der Waals surface area contributed by atoms with E-state index >= 15 is 0 Å². The molecule has 0 amide bonds.